The first kappa shape index (κ1) is 23.2. The second kappa shape index (κ2) is 9.87. The molecule has 0 radical (unpaired) electrons. The maximum absolute atomic E-state index is 12.9. The maximum Gasteiger partial charge on any atom is 0.255 e. The fraction of sp³-hybridized carbons (Fsp3) is 0.269. The number of benzene rings is 3. The molecule has 172 valence electrons. The van der Waals surface area contributed by atoms with E-state index in [1.54, 1.807) is 16.4 Å². The molecule has 33 heavy (non-hydrogen) atoms. The van der Waals surface area contributed by atoms with E-state index < -0.39 is 10.0 Å². The minimum absolute atomic E-state index is 0.139. The molecule has 0 bridgehead atoms. The summed E-state index contributed by atoms with van der Waals surface area (Å²) in [5.74, 6) is -0.139. The number of aryl methyl sites for hydroxylation is 2. The molecule has 0 aromatic heterocycles. The fourth-order valence-electron chi connectivity index (χ4n) is 3.96. The molecule has 1 amide bonds. The number of anilines is 1. The first-order valence-corrected chi connectivity index (χ1v) is 12.5. The Labute approximate surface area is 195 Å². The molecule has 1 aliphatic heterocycles. The SMILES string of the molecule is Cc1ccc(S(=O)(=O)N2CCN(Cc3cccc(C(=O)Nc4ccccc4C)c3)CC2)cc1. The van der Waals surface area contributed by atoms with Gasteiger partial charge in [0.05, 0.1) is 4.90 Å². The van der Waals surface area contributed by atoms with Crippen LogP contribution in [0.5, 0.6) is 0 Å². The van der Waals surface area contributed by atoms with Crippen LogP contribution in [0.15, 0.2) is 77.7 Å². The van der Waals surface area contributed by atoms with Crippen LogP contribution in [-0.2, 0) is 16.6 Å². The van der Waals surface area contributed by atoms with E-state index in [2.05, 4.69) is 10.2 Å². The molecular formula is C26H29N3O3S. The lowest BCUT2D eigenvalue weighted by Gasteiger charge is -2.34. The minimum atomic E-state index is -3.47. The van der Waals surface area contributed by atoms with Gasteiger partial charge in [0.2, 0.25) is 10.0 Å². The summed E-state index contributed by atoms with van der Waals surface area (Å²) in [5.41, 5.74) is 4.49. The lowest BCUT2D eigenvalue weighted by Crippen LogP contribution is -2.48. The first-order valence-electron chi connectivity index (χ1n) is 11.1. The summed E-state index contributed by atoms with van der Waals surface area (Å²) in [6.45, 7) is 6.76. The number of amides is 1. The van der Waals surface area contributed by atoms with Gasteiger partial charge in [-0.3, -0.25) is 9.69 Å². The maximum atomic E-state index is 12.9. The predicted molar refractivity (Wildman–Crippen MR) is 131 cm³/mol. The topological polar surface area (TPSA) is 69.7 Å². The van der Waals surface area contributed by atoms with Crippen molar-refractivity contribution in [1.29, 1.82) is 0 Å². The van der Waals surface area contributed by atoms with Gasteiger partial charge in [-0.15, -0.1) is 0 Å². The molecule has 1 heterocycles. The van der Waals surface area contributed by atoms with Crippen molar-refractivity contribution in [2.75, 3.05) is 31.5 Å². The highest BCUT2D eigenvalue weighted by atomic mass is 32.2. The number of sulfonamides is 1. The van der Waals surface area contributed by atoms with E-state index in [1.165, 1.54) is 0 Å². The minimum Gasteiger partial charge on any atom is -0.322 e. The van der Waals surface area contributed by atoms with Crippen LogP contribution in [0.25, 0.3) is 0 Å². The van der Waals surface area contributed by atoms with Gasteiger partial charge < -0.3 is 5.32 Å². The second-order valence-electron chi connectivity index (χ2n) is 8.46. The van der Waals surface area contributed by atoms with Crippen LogP contribution in [0.4, 0.5) is 5.69 Å². The highest BCUT2D eigenvalue weighted by Crippen LogP contribution is 2.20. The number of hydrogen-bond donors (Lipinski definition) is 1. The zero-order valence-corrected chi connectivity index (χ0v) is 19.8. The number of nitrogens with zero attached hydrogens (tertiary/aromatic N) is 2. The van der Waals surface area contributed by atoms with E-state index in [4.69, 9.17) is 0 Å². The Balaban J connectivity index is 1.36. The highest BCUT2D eigenvalue weighted by Gasteiger charge is 2.28. The molecule has 0 saturated carbocycles. The molecule has 1 N–H and O–H groups in total. The van der Waals surface area contributed by atoms with E-state index in [0.717, 1.165) is 22.4 Å². The van der Waals surface area contributed by atoms with Gasteiger partial charge in [-0.2, -0.15) is 4.31 Å². The normalized spacial score (nSPS) is 15.3. The van der Waals surface area contributed by atoms with Crippen LogP contribution in [0.2, 0.25) is 0 Å². The van der Waals surface area contributed by atoms with Gasteiger partial charge in [0, 0.05) is 44.0 Å². The predicted octanol–water partition coefficient (Wildman–Crippen LogP) is 4.06. The van der Waals surface area contributed by atoms with Crippen LogP contribution in [0.1, 0.15) is 27.0 Å². The van der Waals surface area contributed by atoms with Crippen molar-refractivity contribution < 1.29 is 13.2 Å². The summed E-state index contributed by atoms with van der Waals surface area (Å²) in [5, 5.41) is 2.97. The van der Waals surface area contributed by atoms with Crippen LogP contribution in [0, 0.1) is 13.8 Å². The molecule has 1 saturated heterocycles. The zero-order chi connectivity index (χ0) is 23.4. The Morgan fingerprint density at radius 3 is 2.27 bits per heavy atom. The number of piperazine rings is 1. The number of nitrogens with one attached hydrogen (secondary N) is 1. The zero-order valence-electron chi connectivity index (χ0n) is 19.0. The Bertz CT molecular complexity index is 1230. The van der Waals surface area contributed by atoms with E-state index in [0.29, 0.717) is 43.2 Å². The van der Waals surface area contributed by atoms with Crippen molar-refractivity contribution in [3.8, 4) is 0 Å². The molecular weight excluding hydrogens is 434 g/mol. The second-order valence-corrected chi connectivity index (χ2v) is 10.4. The van der Waals surface area contributed by atoms with Gasteiger partial charge in [-0.25, -0.2) is 8.42 Å². The number of hydrogen-bond acceptors (Lipinski definition) is 4. The monoisotopic (exact) mass is 463 g/mol. The summed E-state index contributed by atoms with van der Waals surface area (Å²) in [4.78, 5) is 15.3. The quantitative estimate of drug-likeness (QED) is 0.599. The van der Waals surface area contributed by atoms with Crippen molar-refractivity contribution in [3.63, 3.8) is 0 Å². The van der Waals surface area contributed by atoms with E-state index in [-0.39, 0.29) is 5.91 Å². The third-order valence-corrected chi connectivity index (χ3v) is 7.89. The Morgan fingerprint density at radius 2 is 1.58 bits per heavy atom. The third kappa shape index (κ3) is 5.50. The van der Waals surface area contributed by atoms with E-state index in [1.807, 2.05) is 74.5 Å². The molecule has 7 heteroatoms. The summed E-state index contributed by atoms with van der Waals surface area (Å²) >= 11 is 0. The van der Waals surface area contributed by atoms with E-state index in [9.17, 15) is 13.2 Å². The molecule has 0 spiro atoms. The van der Waals surface area contributed by atoms with Gasteiger partial charge in [-0.1, -0.05) is 48.0 Å². The van der Waals surface area contributed by atoms with Gasteiger partial charge in [-0.05, 0) is 55.3 Å². The van der Waals surface area contributed by atoms with Gasteiger partial charge in [0.1, 0.15) is 0 Å². The van der Waals surface area contributed by atoms with Crippen LogP contribution >= 0.6 is 0 Å². The lowest BCUT2D eigenvalue weighted by atomic mass is 10.1. The van der Waals surface area contributed by atoms with Crippen LogP contribution < -0.4 is 5.32 Å². The van der Waals surface area contributed by atoms with E-state index >= 15 is 0 Å². The van der Waals surface area contributed by atoms with Gasteiger partial charge in [0.25, 0.3) is 5.91 Å². The molecule has 3 aromatic carbocycles. The van der Waals surface area contributed by atoms with Gasteiger partial charge in [0.15, 0.2) is 0 Å². The Morgan fingerprint density at radius 1 is 0.879 bits per heavy atom. The number of rotatable bonds is 6. The number of para-hydroxylation sites is 1. The summed E-state index contributed by atoms with van der Waals surface area (Å²) < 4.78 is 27.4. The van der Waals surface area contributed by atoms with Crippen molar-refractivity contribution >= 4 is 21.6 Å². The molecule has 0 atom stereocenters. The smallest absolute Gasteiger partial charge is 0.255 e. The molecule has 0 unspecified atom stereocenters. The third-order valence-electron chi connectivity index (χ3n) is 5.98. The van der Waals surface area contributed by atoms with Gasteiger partial charge >= 0.3 is 0 Å². The standard InChI is InChI=1S/C26H29N3O3S/c1-20-10-12-24(13-11-20)33(31,32)29-16-14-28(15-17-29)19-22-7-5-8-23(18-22)26(30)27-25-9-4-3-6-21(25)2/h3-13,18H,14-17,19H2,1-2H3,(H,27,30). The number of carbonyl (C=O) groups is 1. The Kier molecular flexibility index (Phi) is 6.93. The lowest BCUT2D eigenvalue weighted by molar-refractivity contribution is 0.102. The summed E-state index contributed by atoms with van der Waals surface area (Å²) in [6.07, 6.45) is 0. The average Bonchev–Trinajstić information content (AvgIpc) is 2.81. The summed E-state index contributed by atoms with van der Waals surface area (Å²) in [6, 6.07) is 22.3. The molecule has 6 nitrogen and oxygen atoms in total. The molecule has 0 aliphatic carbocycles. The number of carbonyl (C=O) groups excluding carboxylic acids is 1. The van der Waals surface area contributed by atoms with Crippen molar-refractivity contribution in [3.05, 3.63) is 95.1 Å². The molecule has 1 fully saturated rings. The van der Waals surface area contributed by atoms with Crippen molar-refractivity contribution in [2.45, 2.75) is 25.3 Å². The molecule has 4 rings (SSSR count). The Hall–Kier alpha value is -3.00. The fourth-order valence-corrected chi connectivity index (χ4v) is 5.39. The first-order chi connectivity index (χ1) is 15.8. The average molecular weight is 464 g/mol. The molecule has 1 aliphatic rings. The highest BCUT2D eigenvalue weighted by molar-refractivity contribution is 7.89. The van der Waals surface area contributed by atoms with Crippen molar-refractivity contribution in [1.82, 2.24) is 9.21 Å². The largest absolute Gasteiger partial charge is 0.322 e. The molecule has 3 aromatic rings. The van der Waals surface area contributed by atoms with Crippen molar-refractivity contribution in [2.24, 2.45) is 0 Å². The van der Waals surface area contributed by atoms with Crippen LogP contribution in [-0.4, -0.2) is 49.7 Å². The summed E-state index contributed by atoms with van der Waals surface area (Å²) in [7, 11) is -3.47. The van der Waals surface area contributed by atoms with Crippen LogP contribution in [0.3, 0.4) is 0 Å².